The molecule has 0 spiro atoms. The molecule has 1 aliphatic carbocycles. The standard InChI is InChI=1S/C29H28N6O4S3/c1-15-9-10-40-24(15)22-18(13-30)25(31)35(19-11-29(2,3)12-20(36)23(19)22)27-33-34-28(42-27)41-14-21(37)32-17-7-5-16(6-8-17)26(38)39-4/h5-10,22H,11-12,14,31H2,1-4H3,(H,32,37). The van der Waals surface area contributed by atoms with Gasteiger partial charge < -0.3 is 15.8 Å². The highest BCUT2D eigenvalue weighted by atomic mass is 32.2. The number of hydrogen-bond acceptors (Lipinski definition) is 12. The molecule has 3 aromatic rings. The van der Waals surface area contributed by atoms with Crippen molar-refractivity contribution in [1.29, 1.82) is 5.26 Å². The number of methoxy groups -OCH3 is 1. The van der Waals surface area contributed by atoms with Crippen LogP contribution in [0.1, 0.15) is 53.4 Å². The number of esters is 1. The van der Waals surface area contributed by atoms with Crippen molar-refractivity contribution in [2.45, 2.75) is 43.9 Å². The van der Waals surface area contributed by atoms with Crippen molar-refractivity contribution in [3.05, 3.63) is 74.4 Å². The number of aromatic nitrogens is 2. The maximum Gasteiger partial charge on any atom is 0.337 e. The molecular formula is C29H28N6O4S3. The van der Waals surface area contributed by atoms with Gasteiger partial charge in [-0.15, -0.1) is 21.5 Å². The Bertz CT molecular complexity index is 1680. The first-order chi connectivity index (χ1) is 20.0. The lowest BCUT2D eigenvalue weighted by atomic mass is 9.69. The number of ether oxygens (including phenoxy) is 1. The molecule has 1 aliphatic heterocycles. The van der Waals surface area contributed by atoms with E-state index in [4.69, 9.17) is 10.5 Å². The number of aryl methyl sites for hydroxylation is 1. The molecule has 0 saturated carbocycles. The van der Waals surface area contributed by atoms with E-state index in [1.807, 2.05) is 32.2 Å². The van der Waals surface area contributed by atoms with Crippen molar-refractivity contribution in [2.75, 3.05) is 23.1 Å². The van der Waals surface area contributed by atoms with Crippen molar-refractivity contribution in [3.8, 4) is 6.07 Å². The minimum Gasteiger partial charge on any atom is -0.465 e. The van der Waals surface area contributed by atoms with Gasteiger partial charge in [-0.2, -0.15) is 5.26 Å². The summed E-state index contributed by atoms with van der Waals surface area (Å²) in [5.74, 6) is -0.924. The van der Waals surface area contributed by atoms with Crippen LogP contribution in [0.25, 0.3) is 0 Å². The van der Waals surface area contributed by atoms with Gasteiger partial charge in [0.15, 0.2) is 10.1 Å². The number of anilines is 2. The Labute approximate surface area is 255 Å². The van der Waals surface area contributed by atoms with Crippen LogP contribution < -0.4 is 16.0 Å². The third-order valence-corrected chi connectivity index (χ3v) is 10.2. The third-order valence-electron chi connectivity index (χ3n) is 7.05. The summed E-state index contributed by atoms with van der Waals surface area (Å²) in [7, 11) is 1.31. The predicted molar refractivity (Wildman–Crippen MR) is 163 cm³/mol. The minimum atomic E-state index is -0.517. The zero-order valence-corrected chi connectivity index (χ0v) is 25.8. The SMILES string of the molecule is COC(=O)c1ccc(NC(=O)CSc2nnc(N3C(N)=C(C#N)C(c4sccc4C)C4=C3CC(C)(C)CC4=O)s2)cc1. The van der Waals surface area contributed by atoms with Gasteiger partial charge >= 0.3 is 5.97 Å². The summed E-state index contributed by atoms with van der Waals surface area (Å²) in [6.45, 7) is 6.06. The Hall–Kier alpha value is -3.99. The number of rotatable bonds is 7. The number of carbonyl (C=O) groups excluding carboxylic acids is 3. The number of nitrogens with two attached hydrogens (primary N) is 1. The van der Waals surface area contributed by atoms with Gasteiger partial charge in [0, 0.05) is 28.3 Å². The first kappa shape index (κ1) is 29.5. The molecular weight excluding hydrogens is 593 g/mol. The second-order valence-electron chi connectivity index (χ2n) is 10.7. The van der Waals surface area contributed by atoms with Crippen molar-refractivity contribution >= 4 is 62.9 Å². The molecule has 3 heterocycles. The van der Waals surface area contributed by atoms with Crippen LogP contribution in [0.2, 0.25) is 0 Å². The van der Waals surface area contributed by atoms with Gasteiger partial charge in [-0.3, -0.25) is 14.5 Å². The quantitative estimate of drug-likeness (QED) is 0.261. The number of allylic oxidation sites excluding steroid dienone is 3. The fourth-order valence-electron chi connectivity index (χ4n) is 5.15. The molecule has 3 N–H and O–H groups in total. The molecule has 1 amide bonds. The Kier molecular flexibility index (Phi) is 8.23. The second kappa shape index (κ2) is 11.7. The lowest BCUT2D eigenvalue weighted by Crippen LogP contribution is -2.42. The number of thiophene rings is 1. The summed E-state index contributed by atoms with van der Waals surface area (Å²) in [4.78, 5) is 40.5. The molecule has 13 heteroatoms. The van der Waals surface area contributed by atoms with Crippen molar-refractivity contribution in [2.24, 2.45) is 11.1 Å². The zero-order chi connectivity index (χ0) is 30.2. The zero-order valence-electron chi connectivity index (χ0n) is 23.4. The number of nitrogens with one attached hydrogen (secondary N) is 1. The van der Waals surface area contributed by atoms with Gasteiger partial charge in [0.05, 0.1) is 36.0 Å². The monoisotopic (exact) mass is 620 g/mol. The lowest BCUT2D eigenvalue weighted by Gasteiger charge is -2.42. The topological polar surface area (TPSA) is 151 Å². The number of nitrogens with zero attached hydrogens (tertiary/aromatic N) is 4. The van der Waals surface area contributed by atoms with Crippen LogP contribution in [0, 0.1) is 23.7 Å². The van der Waals surface area contributed by atoms with Gasteiger partial charge in [-0.1, -0.05) is 36.9 Å². The van der Waals surface area contributed by atoms with Crippen LogP contribution >= 0.6 is 34.4 Å². The van der Waals surface area contributed by atoms with Gasteiger partial charge in [0.1, 0.15) is 5.82 Å². The van der Waals surface area contributed by atoms with Crippen molar-refractivity contribution in [1.82, 2.24) is 10.2 Å². The molecule has 2 aromatic heterocycles. The Morgan fingerprint density at radius 3 is 2.62 bits per heavy atom. The maximum absolute atomic E-state index is 13.6. The van der Waals surface area contributed by atoms with Crippen LogP contribution in [0.3, 0.4) is 0 Å². The van der Waals surface area contributed by atoms with Crippen LogP contribution in [0.15, 0.2) is 62.7 Å². The van der Waals surface area contributed by atoms with E-state index in [1.165, 1.54) is 41.5 Å². The molecule has 1 aromatic carbocycles. The predicted octanol–water partition coefficient (Wildman–Crippen LogP) is 5.37. The van der Waals surface area contributed by atoms with Gasteiger partial charge in [0.2, 0.25) is 11.0 Å². The third kappa shape index (κ3) is 5.70. The normalized spacial score (nSPS) is 18.0. The number of Topliss-reactive ketones (excluding diaryl/α,β-unsaturated/α-hetero) is 1. The highest BCUT2D eigenvalue weighted by Crippen LogP contribution is 2.52. The van der Waals surface area contributed by atoms with Crippen LogP contribution in [-0.4, -0.2) is 40.7 Å². The molecule has 0 saturated heterocycles. The van der Waals surface area contributed by atoms with E-state index >= 15 is 0 Å². The molecule has 1 unspecified atom stereocenters. The van der Waals surface area contributed by atoms with E-state index in [0.717, 1.165) is 16.1 Å². The minimum absolute atomic E-state index is 0.000274. The van der Waals surface area contributed by atoms with E-state index in [2.05, 4.69) is 21.6 Å². The number of nitriles is 1. The summed E-state index contributed by atoms with van der Waals surface area (Å²) in [5.41, 5.74) is 9.97. The fourth-order valence-corrected chi connectivity index (χ4v) is 7.88. The summed E-state index contributed by atoms with van der Waals surface area (Å²) >= 11 is 3.97. The fraction of sp³-hybridized carbons (Fsp3) is 0.310. The average molecular weight is 621 g/mol. The molecule has 5 rings (SSSR count). The van der Waals surface area contributed by atoms with Gasteiger partial charge in [-0.25, -0.2) is 4.79 Å². The van der Waals surface area contributed by atoms with E-state index in [9.17, 15) is 19.6 Å². The first-order valence-electron chi connectivity index (χ1n) is 13.0. The largest absolute Gasteiger partial charge is 0.465 e. The highest BCUT2D eigenvalue weighted by Gasteiger charge is 2.46. The molecule has 10 nitrogen and oxygen atoms in total. The molecule has 0 radical (unpaired) electrons. The lowest BCUT2D eigenvalue weighted by molar-refractivity contribution is -0.118. The number of thioether (sulfide) groups is 1. The van der Waals surface area contributed by atoms with Crippen LogP contribution in [-0.2, 0) is 14.3 Å². The summed E-state index contributed by atoms with van der Waals surface area (Å²) in [5, 5.41) is 24.0. The second-order valence-corrected chi connectivity index (χ2v) is 13.8. The summed E-state index contributed by atoms with van der Waals surface area (Å²) < 4.78 is 5.23. The van der Waals surface area contributed by atoms with Crippen LogP contribution in [0.4, 0.5) is 10.8 Å². The maximum atomic E-state index is 13.6. The number of hydrogen-bond donors (Lipinski definition) is 2. The number of ketones is 1. The number of carbonyl (C=O) groups is 3. The molecule has 2 aliphatic rings. The Morgan fingerprint density at radius 2 is 1.98 bits per heavy atom. The van der Waals surface area contributed by atoms with Crippen molar-refractivity contribution < 1.29 is 19.1 Å². The highest BCUT2D eigenvalue weighted by molar-refractivity contribution is 8.01. The van der Waals surface area contributed by atoms with E-state index in [0.29, 0.717) is 44.7 Å². The molecule has 42 heavy (non-hydrogen) atoms. The van der Waals surface area contributed by atoms with Crippen LogP contribution in [0.5, 0.6) is 0 Å². The smallest absolute Gasteiger partial charge is 0.337 e. The van der Waals surface area contributed by atoms with E-state index in [1.54, 1.807) is 29.2 Å². The number of benzene rings is 1. The molecule has 216 valence electrons. The van der Waals surface area contributed by atoms with Crippen molar-refractivity contribution in [3.63, 3.8) is 0 Å². The first-order valence-corrected chi connectivity index (χ1v) is 15.7. The molecule has 0 bridgehead atoms. The average Bonchev–Trinajstić information content (AvgIpc) is 3.59. The molecule has 0 fully saturated rings. The van der Waals surface area contributed by atoms with Gasteiger partial charge in [0.25, 0.3) is 0 Å². The Balaban J connectivity index is 1.39. The molecule has 1 atom stereocenters. The Morgan fingerprint density at radius 1 is 1.24 bits per heavy atom. The van der Waals surface area contributed by atoms with E-state index in [-0.39, 0.29) is 28.7 Å². The summed E-state index contributed by atoms with van der Waals surface area (Å²) in [6.07, 6.45) is 0.949. The van der Waals surface area contributed by atoms with E-state index < -0.39 is 11.9 Å². The number of amides is 1. The summed E-state index contributed by atoms with van der Waals surface area (Å²) in [6, 6.07) is 10.7. The van der Waals surface area contributed by atoms with Gasteiger partial charge in [-0.05, 0) is 60.0 Å².